The van der Waals surface area contributed by atoms with Gasteiger partial charge >= 0.3 is 5.97 Å². The molecule has 28 heavy (non-hydrogen) atoms. The van der Waals surface area contributed by atoms with E-state index in [-0.39, 0.29) is 23.0 Å². The fourth-order valence-electron chi connectivity index (χ4n) is 2.59. The topological polar surface area (TPSA) is 69.7 Å². The molecule has 0 aliphatic carbocycles. The highest BCUT2D eigenvalue weighted by Gasteiger charge is 2.37. The quantitative estimate of drug-likeness (QED) is 0.355. The maximum absolute atomic E-state index is 13.1. The van der Waals surface area contributed by atoms with Gasteiger partial charge in [0.1, 0.15) is 6.61 Å². The summed E-state index contributed by atoms with van der Waals surface area (Å²) >= 11 is 0. The average molecular weight is 423 g/mol. The Morgan fingerprint density at radius 1 is 1.18 bits per heavy atom. The Bertz CT molecular complexity index is 849. The predicted molar refractivity (Wildman–Crippen MR) is 113 cm³/mol. The van der Waals surface area contributed by atoms with Gasteiger partial charge in [-0.1, -0.05) is 51.1 Å². The van der Waals surface area contributed by atoms with Crippen molar-refractivity contribution < 1.29 is 22.4 Å². The van der Waals surface area contributed by atoms with E-state index in [1.165, 1.54) is 6.08 Å². The zero-order chi connectivity index (χ0) is 21.0. The Hall–Kier alpha value is -1.70. The Labute approximate surface area is 169 Å². The van der Waals surface area contributed by atoms with Crippen LogP contribution in [0.5, 0.6) is 0 Å². The number of carbonyl (C=O) groups is 1. The Morgan fingerprint density at radius 2 is 1.82 bits per heavy atom. The van der Waals surface area contributed by atoms with Crippen LogP contribution in [0.25, 0.3) is 0 Å². The fraction of sp³-hybridized carbons (Fsp3) is 0.476. The summed E-state index contributed by atoms with van der Waals surface area (Å²) in [4.78, 5) is 11.7. The smallest absolute Gasteiger partial charge is 0.331 e. The van der Waals surface area contributed by atoms with Gasteiger partial charge < -0.3 is 9.16 Å². The SMILES string of the molecule is CC(C)(C)[Si](C)(C)OC/C=C/CC(C1=CC(=O)OC1)S(=O)(=O)c1ccccc1. The highest BCUT2D eigenvalue weighted by atomic mass is 32.2. The number of ether oxygens (including phenoxy) is 1. The van der Waals surface area contributed by atoms with Gasteiger partial charge in [-0.05, 0) is 42.3 Å². The number of hydrogen-bond acceptors (Lipinski definition) is 5. The van der Waals surface area contributed by atoms with Crippen LogP contribution in [0.15, 0.2) is 59.0 Å². The number of allylic oxidation sites excluding steroid dienone is 1. The fourth-order valence-corrected chi connectivity index (χ4v) is 5.30. The first-order chi connectivity index (χ1) is 12.9. The molecule has 0 bridgehead atoms. The number of rotatable bonds is 8. The molecule has 1 aliphatic rings. The minimum atomic E-state index is -3.63. The van der Waals surface area contributed by atoms with Crippen molar-refractivity contribution in [1.82, 2.24) is 0 Å². The normalized spacial score (nSPS) is 16.9. The van der Waals surface area contributed by atoms with E-state index in [1.807, 2.05) is 12.2 Å². The van der Waals surface area contributed by atoms with Crippen molar-refractivity contribution in [2.24, 2.45) is 0 Å². The number of cyclic esters (lactones) is 1. The van der Waals surface area contributed by atoms with Crippen molar-refractivity contribution in [2.45, 2.75) is 55.5 Å². The maximum Gasteiger partial charge on any atom is 0.331 e. The third-order valence-corrected chi connectivity index (χ3v) is 12.1. The van der Waals surface area contributed by atoms with Gasteiger partial charge in [-0.3, -0.25) is 0 Å². The molecule has 0 aromatic heterocycles. The van der Waals surface area contributed by atoms with Crippen LogP contribution in [0.1, 0.15) is 27.2 Å². The van der Waals surface area contributed by atoms with E-state index >= 15 is 0 Å². The maximum atomic E-state index is 13.1. The monoisotopic (exact) mass is 422 g/mol. The third-order valence-electron chi connectivity index (χ3n) is 5.41. The number of benzene rings is 1. The van der Waals surface area contributed by atoms with Gasteiger partial charge in [0, 0.05) is 6.08 Å². The lowest BCUT2D eigenvalue weighted by atomic mass is 10.1. The molecule has 0 fully saturated rings. The first kappa shape index (κ1) is 22.6. The highest BCUT2D eigenvalue weighted by molar-refractivity contribution is 7.92. The van der Waals surface area contributed by atoms with Crippen LogP contribution in [0.2, 0.25) is 18.1 Å². The van der Waals surface area contributed by atoms with Gasteiger partial charge in [0.25, 0.3) is 0 Å². The van der Waals surface area contributed by atoms with Gasteiger partial charge in [0.05, 0.1) is 16.8 Å². The number of esters is 1. The molecule has 1 heterocycles. The molecular formula is C21H30O5SSi. The molecule has 1 aliphatic heterocycles. The highest BCUT2D eigenvalue weighted by Crippen LogP contribution is 2.36. The van der Waals surface area contributed by atoms with E-state index in [0.29, 0.717) is 12.2 Å². The van der Waals surface area contributed by atoms with Gasteiger partial charge in [-0.25, -0.2) is 13.2 Å². The van der Waals surface area contributed by atoms with E-state index in [9.17, 15) is 13.2 Å². The van der Waals surface area contributed by atoms with Gasteiger partial charge in [0.15, 0.2) is 18.2 Å². The second-order valence-corrected chi connectivity index (χ2v) is 15.4. The van der Waals surface area contributed by atoms with Crippen LogP contribution in [0.3, 0.4) is 0 Å². The zero-order valence-electron chi connectivity index (χ0n) is 17.3. The standard InChI is InChI=1S/C21H30O5SSi/c1-21(2,3)28(4,5)26-14-10-9-13-19(17-15-20(22)25-16-17)27(23,24)18-11-7-6-8-12-18/h6-12,15,19H,13-14,16H2,1-5H3/b10-9+. The van der Waals surface area contributed by atoms with Gasteiger partial charge in [-0.2, -0.15) is 0 Å². The van der Waals surface area contributed by atoms with E-state index in [4.69, 9.17) is 9.16 Å². The molecule has 0 radical (unpaired) electrons. The summed E-state index contributed by atoms with van der Waals surface area (Å²) in [6, 6.07) is 8.30. The molecule has 1 unspecified atom stereocenters. The average Bonchev–Trinajstić information content (AvgIpc) is 3.03. The Morgan fingerprint density at radius 3 is 2.36 bits per heavy atom. The van der Waals surface area contributed by atoms with Crippen molar-refractivity contribution in [3.05, 3.63) is 54.1 Å². The van der Waals surface area contributed by atoms with E-state index in [2.05, 4.69) is 33.9 Å². The molecule has 7 heteroatoms. The molecular weight excluding hydrogens is 392 g/mol. The third kappa shape index (κ3) is 5.43. The summed E-state index contributed by atoms with van der Waals surface area (Å²) in [6.45, 7) is 11.3. The summed E-state index contributed by atoms with van der Waals surface area (Å²) in [5, 5.41) is -0.711. The van der Waals surface area contributed by atoms with Crippen molar-refractivity contribution in [3.8, 4) is 0 Å². The molecule has 1 aromatic rings. The van der Waals surface area contributed by atoms with Crippen LogP contribution in [0.4, 0.5) is 0 Å². The van der Waals surface area contributed by atoms with Crippen LogP contribution >= 0.6 is 0 Å². The molecule has 1 atom stereocenters. The summed E-state index contributed by atoms with van der Waals surface area (Å²) < 4.78 is 37.3. The number of carbonyl (C=O) groups excluding carboxylic acids is 1. The molecule has 154 valence electrons. The second-order valence-electron chi connectivity index (χ2n) is 8.45. The Balaban J connectivity index is 2.14. The van der Waals surface area contributed by atoms with Gasteiger partial charge in [0.2, 0.25) is 0 Å². The lowest BCUT2D eigenvalue weighted by Crippen LogP contribution is -2.40. The second kappa shape index (κ2) is 8.76. The molecule has 0 saturated heterocycles. The van der Waals surface area contributed by atoms with Gasteiger partial charge in [-0.15, -0.1) is 0 Å². The van der Waals surface area contributed by atoms with Crippen LogP contribution in [0, 0.1) is 0 Å². The van der Waals surface area contributed by atoms with Crippen molar-refractivity contribution in [1.29, 1.82) is 0 Å². The Kier molecular flexibility index (Phi) is 7.06. The number of hydrogen-bond donors (Lipinski definition) is 0. The lowest BCUT2D eigenvalue weighted by Gasteiger charge is -2.35. The van der Waals surface area contributed by atoms with E-state index in [1.54, 1.807) is 30.3 Å². The molecule has 0 amide bonds. The number of sulfone groups is 1. The molecule has 0 spiro atoms. The molecule has 1 aromatic carbocycles. The molecule has 0 N–H and O–H groups in total. The summed E-state index contributed by atoms with van der Waals surface area (Å²) in [5.74, 6) is -0.492. The molecule has 0 saturated carbocycles. The van der Waals surface area contributed by atoms with Crippen LogP contribution in [-0.4, -0.2) is 41.2 Å². The lowest BCUT2D eigenvalue weighted by molar-refractivity contribution is -0.134. The van der Waals surface area contributed by atoms with E-state index in [0.717, 1.165) is 0 Å². The van der Waals surface area contributed by atoms with E-state index < -0.39 is 29.4 Å². The largest absolute Gasteiger partial charge is 0.458 e. The summed E-state index contributed by atoms with van der Waals surface area (Å²) in [7, 11) is -5.48. The minimum absolute atomic E-state index is 0.0177. The van der Waals surface area contributed by atoms with Crippen molar-refractivity contribution in [2.75, 3.05) is 13.2 Å². The van der Waals surface area contributed by atoms with Crippen molar-refractivity contribution >= 4 is 24.1 Å². The van der Waals surface area contributed by atoms with Crippen molar-refractivity contribution in [3.63, 3.8) is 0 Å². The first-order valence-electron chi connectivity index (χ1n) is 9.40. The van der Waals surface area contributed by atoms with Crippen LogP contribution in [-0.2, 0) is 23.8 Å². The predicted octanol–water partition coefficient (Wildman–Crippen LogP) is 4.28. The molecule has 2 rings (SSSR count). The first-order valence-corrected chi connectivity index (χ1v) is 13.9. The molecule has 5 nitrogen and oxygen atoms in total. The van der Waals surface area contributed by atoms with Crippen LogP contribution < -0.4 is 0 Å². The summed E-state index contributed by atoms with van der Waals surface area (Å²) in [6.07, 6.45) is 5.25. The zero-order valence-corrected chi connectivity index (χ0v) is 19.1. The minimum Gasteiger partial charge on any atom is -0.458 e. The summed E-state index contributed by atoms with van der Waals surface area (Å²) in [5.41, 5.74) is 0.490.